The Bertz CT molecular complexity index is 136. The predicted molar refractivity (Wildman–Crippen MR) is 33.5 cm³/mol. The van der Waals surface area contributed by atoms with Crippen LogP contribution in [0, 0.1) is 11.3 Å². The molecule has 0 aliphatic rings. The molecule has 0 rings (SSSR count). The van der Waals surface area contributed by atoms with Crippen molar-refractivity contribution in [2.75, 3.05) is 0 Å². The van der Waals surface area contributed by atoms with Gasteiger partial charge < -0.3 is 5.73 Å². The van der Waals surface area contributed by atoms with E-state index in [0.717, 1.165) is 0 Å². The minimum absolute atomic E-state index is 0.0507. The fourth-order valence-corrected chi connectivity index (χ4v) is 0.423. The molecule has 0 aromatic heterocycles. The summed E-state index contributed by atoms with van der Waals surface area (Å²) in [6.45, 7) is 1.43. The third-order valence-corrected chi connectivity index (χ3v) is 1.09. The number of hydrogen-bond acceptors (Lipinski definition) is 3. The molecule has 3 heteroatoms. The molecule has 1 atom stereocenters. The van der Waals surface area contributed by atoms with Gasteiger partial charge in [-0.2, -0.15) is 5.26 Å². The van der Waals surface area contributed by atoms with Gasteiger partial charge in [-0.25, -0.2) is 0 Å². The average molecular weight is 126 g/mol. The van der Waals surface area contributed by atoms with Gasteiger partial charge >= 0.3 is 0 Å². The van der Waals surface area contributed by atoms with Crippen molar-refractivity contribution < 1.29 is 4.79 Å². The van der Waals surface area contributed by atoms with Gasteiger partial charge in [0, 0.05) is 6.42 Å². The van der Waals surface area contributed by atoms with Gasteiger partial charge in [0.05, 0.1) is 12.1 Å². The Kier molecular flexibility index (Phi) is 3.65. The molecule has 3 nitrogen and oxygen atoms in total. The second-order valence-electron chi connectivity index (χ2n) is 1.91. The van der Waals surface area contributed by atoms with Crippen molar-refractivity contribution in [3.63, 3.8) is 0 Å². The zero-order valence-electron chi connectivity index (χ0n) is 5.42. The summed E-state index contributed by atoms with van der Waals surface area (Å²) in [6, 6.07) is 1.48. The predicted octanol–water partition coefficient (Wildman–Crippen LogP) is 0.206. The van der Waals surface area contributed by atoms with Crippen molar-refractivity contribution in [3.05, 3.63) is 0 Å². The Labute approximate surface area is 54.5 Å². The molecule has 0 spiro atoms. The van der Waals surface area contributed by atoms with Crippen LogP contribution in [0.2, 0.25) is 0 Å². The maximum absolute atomic E-state index is 10.4. The lowest BCUT2D eigenvalue weighted by Gasteiger charge is -2.01. The number of nitriles is 1. The van der Waals surface area contributed by atoms with Gasteiger partial charge in [0.25, 0.3) is 0 Å². The lowest BCUT2D eigenvalue weighted by molar-refractivity contribution is -0.118. The number of nitrogens with two attached hydrogens (primary N) is 1. The second-order valence-corrected chi connectivity index (χ2v) is 1.91. The van der Waals surface area contributed by atoms with E-state index in [9.17, 15) is 4.79 Å². The van der Waals surface area contributed by atoms with Crippen molar-refractivity contribution >= 4 is 5.78 Å². The van der Waals surface area contributed by atoms with E-state index in [-0.39, 0.29) is 5.78 Å². The van der Waals surface area contributed by atoms with E-state index in [1.54, 1.807) is 0 Å². The zero-order chi connectivity index (χ0) is 7.28. The van der Waals surface area contributed by atoms with Crippen LogP contribution >= 0.6 is 0 Å². The minimum atomic E-state index is -0.440. The van der Waals surface area contributed by atoms with Gasteiger partial charge in [0.15, 0.2) is 0 Å². The first kappa shape index (κ1) is 8.12. The van der Waals surface area contributed by atoms with Crippen LogP contribution < -0.4 is 5.73 Å². The van der Waals surface area contributed by atoms with E-state index in [4.69, 9.17) is 11.0 Å². The minimum Gasteiger partial charge on any atom is -0.321 e. The molecule has 2 N–H and O–H groups in total. The standard InChI is InChI=1S/C6H10N2O/c1-5(9)6(8)3-2-4-7/h6H,2-3,8H2,1H3/t6-/m0/s1. The molecule has 0 aromatic rings. The molecule has 0 aliphatic carbocycles. The number of rotatable bonds is 3. The SMILES string of the molecule is CC(=O)[C@@H](N)CCC#N. The summed E-state index contributed by atoms with van der Waals surface area (Å²) in [6.07, 6.45) is 0.840. The smallest absolute Gasteiger partial charge is 0.146 e. The molecule has 0 aliphatic heterocycles. The number of ketones is 1. The lowest BCUT2D eigenvalue weighted by atomic mass is 10.1. The van der Waals surface area contributed by atoms with Gasteiger partial charge in [-0.3, -0.25) is 4.79 Å². The molecular formula is C6H10N2O. The first-order valence-electron chi connectivity index (χ1n) is 2.81. The van der Waals surface area contributed by atoms with E-state index in [2.05, 4.69) is 0 Å². The summed E-state index contributed by atoms with van der Waals surface area (Å²) >= 11 is 0. The van der Waals surface area contributed by atoms with Crippen molar-refractivity contribution in [1.29, 1.82) is 5.26 Å². The van der Waals surface area contributed by atoms with E-state index in [1.165, 1.54) is 6.92 Å². The molecule has 0 saturated heterocycles. The van der Waals surface area contributed by atoms with Crippen LogP contribution in [0.1, 0.15) is 19.8 Å². The van der Waals surface area contributed by atoms with Gasteiger partial charge in [-0.15, -0.1) is 0 Å². The average Bonchev–Trinajstić information content (AvgIpc) is 1.82. The van der Waals surface area contributed by atoms with E-state index >= 15 is 0 Å². The molecule has 0 radical (unpaired) electrons. The molecule has 0 heterocycles. The van der Waals surface area contributed by atoms with Gasteiger partial charge in [-0.1, -0.05) is 0 Å². The Morgan fingerprint density at radius 2 is 2.44 bits per heavy atom. The van der Waals surface area contributed by atoms with E-state index in [0.29, 0.717) is 12.8 Å². The van der Waals surface area contributed by atoms with Gasteiger partial charge in [0.1, 0.15) is 5.78 Å². The molecule has 0 unspecified atom stereocenters. The second kappa shape index (κ2) is 4.04. The van der Waals surface area contributed by atoms with Crippen molar-refractivity contribution in [2.24, 2.45) is 5.73 Å². The first-order chi connectivity index (χ1) is 4.18. The summed E-state index contributed by atoms with van der Waals surface area (Å²) in [4.78, 5) is 10.4. The molecule has 9 heavy (non-hydrogen) atoms. The van der Waals surface area contributed by atoms with Crippen molar-refractivity contribution in [3.8, 4) is 6.07 Å². The van der Waals surface area contributed by atoms with Crippen LogP contribution in [0.15, 0.2) is 0 Å². The third kappa shape index (κ3) is 3.68. The summed E-state index contributed by atoms with van der Waals surface area (Å²) in [7, 11) is 0. The van der Waals surface area contributed by atoms with Crippen LogP contribution in [-0.4, -0.2) is 11.8 Å². The Hall–Kier alpha value is -0.880. The highest BCUT2D eigenvalue weighted by atomic mass is 16.1. The molecule has 0 fully saturated rings. The molecule has 0 bridgehead atoms. The maximum atomic E-state index is 10.4. The van der Waals surface area contributed by atoms with Gasteiger partial charge in [0.2, 0.25) is 0 Å². The number of Topliss-reactive ketones (excluding diaryl/α,β-unsaturated/α-hetero) is 1. The molecule has 50 valence electrons. The normalized spacial score (nSPS) is 12.1. The fraction of sp³-hybridized carbons (Fsp3) is 0.667. The Balaban J connectivity index is 3.41. The van der Waals surface area contributed by atoms with Crippen LogP contribution in [0.5, 0.6) is 0 Å². The monoisotopic (exact) mass is 126 g/mol. The largest absolute Gasteiger partial charge is 0.321 e. The number of carbonyl (C=O) groups is 1. The quantitative estimate of drug-likeness (QED) is 0.587. The number of carbonyl (C=O) groups excluding carboxylic acids is 1. The van der Waals surface area contributed by atoms with Crippen LogP contribution in [0.25, 0.3) is 0 Å². The van der Waals surface area contributed by atoms with Crippen molar-refractivity contribution in [2.45, 2.75) is 25.8 Å². The topological polar surface area (TPSA) is 66.9 Å². The fourth-order valence-electron chi connectivity index (χ4n) is 0.423. The highest BCUT2D eigenvalue weighted by Crippen LogP contribution is 1.92. The first-order valence-corrected chi connectivity index (χ1v) is 2.81. The highest BCUT2D eigenvalue weighted by molar-refractivity contribution is 5.81. The lowest BCUT2D eigenvalue weighted by Crippen LogP contribution is -2.27. The molecule has 0 amide bonds. The molecule has 0 aromatic carbocycles. The van der Waals surface area contributed by atoms with Crippen LogP contribution in [0.3, 0.4) is 0 Å². The van der Waals surface area contributed by atoms with Crippen LogP contribution in [-0.2, 0) is 4.79 Å². The summed E-state index contributed by atoms with van der Waals surface area (Å²) < 4.78 is 0. The maximum Gasteiger partial charge on any atom is 0.146 e. The summed E-state index contributed by atoms with van der Waals surface area (Å²) in [5.41, 5.74) is 5.30. The van der Waals surface area contributed by atoms with Crippen molar-refractivity contribution in [1.82, 2.24) is 0 Å². The van der Waals surface area contributed by atoms with E-state index in [1.807, 2.05) is 6.07 Å². The van der Waals surface area contributed by atoms with E-state index < -0.39 is 6.04 Å². The zero-order valence-corrected chi connectivity index (χ0v) is 5.42. The number of hydrogen-bond donors (Lipinski definition) is 1. The summed E-state index contributed by atoms with van der Waals surface area (Å²) in [5.74, 6) is -0.0507. The highest BCUT2D eigenvalue weighted by Gasteiger charge is 2.05. The third-order valence-electron chi connectivity index (χ3n) is 1.09. The van der Waals surface area contributed by atoms with Gasteiger partial charge in [-0.05, 0) is 13.3 Å². The van der Waals surface area contributed by atoms with Crippen LogP contribution in [0.4, 0.5) is 0 Å². The Morgan fingerprint density at radius 3 is 2.78 bits per heavy atom. The Morgan fingerprint density at radius 1 is 1.89 bits per heavy atom. The molecular weight excluding hydrogens is 116 g/mol. The number of nitrogens with zero attached hydrogens (tertiary/aromatic N) is 1. The molecule has 0 saturated carbocycles. The summed E-state index contributed by atoms with van der Waals surface area (Å²) in [5, 5.41) is 8.08.